The number of furan rings is 1. The minimum absolute atomic E-state index is 0.0904. The van der Waals surface area contributed by atoms with E-state index in [1.165, 1.54) is 6.26 Å². The molecule has 0 bridgehead atoms. The van der Waals surface area contributed by atoms with Crippen LogP contribution in [-0.2, 0) is 0 Å². The van der Waals surface area contributed by atoms with Gasteiger partial charge in [0.1, 0.15) is 5.82 Å². The molecular weight excluding hydrogens is 394 g/mol. The zero-order chi connectivity index (χ0) is 21.8. The maximum Gasteiger partial charge on any atom is 0.289 e. The minimum atomic E-state index is -0.0905. The maximum atomic E-state index is 12.6. The van der Waals surface area contributed by atoms with E-state index in [1.54, 1.807) is 23.2 Å². The number of likely N-dealkylation sites (N-methyl/N-ethyl adjacent to an activating group) is 1. The van der Waals surface area contributed by atoms with E-state index in [0.29, 0.717) is 44.0 Å². The van der Waals surface area contributed by atoms with E-state index in [1.807, 2.05) is 43.3 Å². The lowest BCUT2D eigenvalue weighted by atomic mass is 10.1. The summed E-state index contributed by atoms with van der Waals surface area (Å²) in [5.74, 6) is 1.02. The summed E-state index contributed by atoms with van der Waals surface area (Å²) in [5.41, 5.74) is 0.618. The first-order chi connectivity index (χ1) is 15.0. The molecule has 0 radical (unpaired) electrons. The molecule has 1 aliphatic heterocycles. The van der Waals surface area contributed by atoms with E-state index in [-0.39, 0.29) is 11.8 Å². The van der Waals surface area contributed by atoms with Gasteiger partial charge in [0.25, 0.3) is 11.8 Å². The first-order valence-electron chi connectivity index (χ1n) is 10.4. The highest BCUT2D eigenvalue weighted by Gasteiger charge is 2.25. The molecule has 8 heteroatoms. The van der Waals surface area contributed by atoms with Crippen molar-refractivity contribution in [3.05, 3.63) is 60.2 Å². The number of hydrogen-bond donors (Lipinski definition) is 1. The predicted molar refractivity (Wildman–Crippen MR) is 119 cm³/mol. The summed E-state index contributed by atoms with van der Waals surface area (Å²) in [6, 6.07) is 11.1. The van der Waals surface area contributed by atoms with Gasteiger partial charge in [-0.2, -0.15) is 0 Å². The van der Waals surface area contributed by atoms with E-state index in [4.69, 9.17) is 4.42 Å². The van der Waals surface area contributed by atoms with Crippen LogP contribution in [0.5, 0.6) is 0 Å². The number of piperazine rings is 1. The van der Waals surface area contributed by atoms with Crippen LogP contribution >= 0.6 is 0 Å². The number of nitrogens with zero attached hydrogens (tertiary/aromatic N) is 4. The van der Waals surface area contributed by atoms with Crippen LogP contribution in [-0.4, -0.2) is 80.0 Å². The standard InChI is InChI=1S/C23H27N5O3/c1-26(2)10-9-25-22(29)18-6-5-17-7-8-24-21(19(17)16-18)27-11-13-28(14-12-27)23(30)20-4-3-15-31-20/h3-8,15-16H,9-14H2,1-2H3,(H,25,29). The third kappa shape index (κ3) is 4.69. The number of rotatable bonds is 6. The topological polar surface area (TPSA) is 81.9 Å². The van der Waals surface area contributed by atoms with Gasteiger partial charge in [-0.05, 0) is 49.8 Å². The van der Waals surface area contributed by atoms with Crippen molar-refractivity contribution in [2.45, 2.75) is 0 Å². The Kier molecular flexibility index (Phi) is 6.18. The number of carbonyl (C=O) groups is 2. The number of pyridine rings is 1. The van der Waals surface area contributed by atoms with Gasteiger partial charge in [-0.3, -0.25) is 9.59 Å². The second-order valence-electron chi connectivity index (χ2n) is 7.89. The monoisotopic (exact) mass is 421 g/mol. The van der Waals surface area contributed by atoms with Gasteiger partial charge in [-0.25, -0.2) is 4.98 Å². The van der Waals surface area contributed by atoms with Crippen molar-refractivity contribution in [3.8, 4) is 0 Å². The zero-order valence-corrected chi connectivity index (χ0v) is 17.9. The Morgan fingerprint density at radius 1 is 1.13 bits per heavy atom. The quantitative estimate of drug-likeness (QED) is 0.656. The molecule has 3 aromatic rings. The molecule has 1 aliphatic rings. The number of amides is 2. The number of carbonyl (C=O) groups excluding carboxylic acids is 2. The molecule has 0 atom stereocenters. The zero-order valence-electron chi connectivity index (χ0n) is 17.9. The number of benzene rings is 1. The molecule has 3 heterocycles. The Morgan fingerprint density at radius 2 is 1.94 bits per heavy atom. The summed E-state index contributed by atoms with van der Waals surface area (Å²) >= 11 is 0. The fourth-order valence-corrected chi connectivity index (χ4v) is 3.72. The molecule has 0 saturated carbocycles. The largest absolute Gasteiger partial charge is 0.459 e. The predicted octanol–water partition coefficient (Wildman–Crippen LogP) is 2.08. The Balaban J connectivity index is 1.49. The van der Waals surface area contributed by atoms with Crippen molar-refractivity contribution in [3.63, 3.8) is 0 Å². The van der Waals surface area contributed by atoms with Gasteiger partial charge in [0.2, 0.25) is 0 Å². The Morgan fingerprint density at radius 3 is 2.65 bits per heavy atom. The highest BCUT2D eigenvalue weighted by atomic mass is 16.3. The van der Waals surface area contributed by atoms with E-state index >= 15 is 0 Å². The van der Waals surface area contributed by atoms with Crippen molar-refractivity contribution in [1.82, 2.24) is 20.1 Å². The maximum absolute atomic E-state index is 12.6. The average molecular weight is 422 g/mol. The van der Waals surface area contributed by atoms with Crippen molar-refractivity contribution < 1.29 is 14.0 Å². The molecule has 4 rings (SSSR count). The molecule has 0 unspecified atom stereocenters. The van der Waals surface area contributed by atoms with Crippen LogP contribution in [0.25, 0.3) is 10.8 Å². The van der Waals surface area contributed by atoms with Crippen molar-refractivity contribution in [2.75, 3.05) is 58.3 Å². The Hall–Kier alpha value is -3.39. The highest BCUT2D eigenvalue weighted by Crippen LogP contribution is 2.26. The van der Waals surface area contributed by atoms with E-state index in [9.17, 15) is 9.59 Å². The number of anilines is 1. The van der Waals surface area contributed by atoms with Crippen molar-refractivity contribution in [2.24, 2.45) is 0 Å². The molecule has 1 fully saturated rings. The Labute approximate surface area is 181 Å². The summed E-state index contributed by atoms with van der Waals surface area (Å²) in [4.78, 5) is 35.7. The molecule has 0 aliphatic carbocycles. The van der Waals surface area contributed by atoms with E-state index in [0.717, 1.165) is 23.1 Å². The number of nitrogens with one attached hydrogen (secondary N) is 1. The first-order valence-corrected chi connectivity index (χ1v) is 10.4. The highest BCUT2D eigenvalue weighted by molar-refractivity contribution is 6.01. The molecule has 0 spiro atoms. The number of hydrogen-bond acceptors (Lipinski definition) is 6. The van der Waals surface area contributed by atoms with Gasteiger partial charge in [-0.1, -0.05) is 6.07 Å². The minimum Gasteiger partial charge on any atom is -0.459 e. The van der Waals surface area contributed by atoms with Crippen LogP contribution in [0.4, 0.5) is 5.82 Å². The summed E-state index contributed by atoms with van der Waals surface area (Å²) in [6.45, 7) is 3.88. The SMILES string of the molecule is CN(C)CCNC(=O)c1ccc2ccnc(N3CCN(C(=O)c4ccco4)CC3)c2c1. The summed E-state index contributed by atoms with van der Waals surface area (Å²) in [5, 5.41) is 4.93. The van der Waals surface area contributed by atoms with Crippen molar-refractivity contribution in [1.29, 1.82) is 0 Å². The van der Waals surface area contributed by atoms with Crippen LogP contribution < -0.4 is 10.2 Å². The summed E-state index contributed by atoms with van der Waals surface area (Å²) < 4.78 is 5.24. The van der Waals surface area contributed by atoms with Crippen LogP contribution in [0, 0.1) is 0 Å². The molecule has 1 saturated heterocycles. The van der Waals surface area contributed by atoms with Gasteiger partial charge < -0.3 is 24.4 Å². The first kappa shape index (κ1) is 20.9. The second kappa shape index (κ2) is 9.18. The van der Waals surface area contributed by atoms with E-state index < -0.39 is 0 Å². The number of fused-ring (bicyclic) bond motifs is 1. The molecule has 1 N–H and O–H groups in total. The lowest BCUT2D eigenvalue weighted by Gasteiger charge is -2.35. The Bertz CT molecular complexity index is 1060. The smallest absolute Gasteiger partial charge is 0.289 e. The van der Waals surface area contributed by atoms with E-state index in [2.05, 4.69) is 15.2 Å². The van der Waals surface area contributed by atoms with Gasteiger partial charge in [-0.15, -0.1) is 0 Å². The van der Waals surface area contributed by atoms with Gasteiger partial charge in [0, 0.05) is 56.4 Å². The molecular formula is C23H27N5O3. The lowest BCUT2D eigenvalue weighted by molar-refractivity contribution is 0.0714. The van der Waals surface area contributed by atoms with Crippen molar-refractivity contribution >= 4 is 28.4 Å². The van der Waals surface area contributed by atoms with Crippen LogP contribution in [0.3, 0.4) is 0 Å². The second-order valence-corrected chi connectivity index (χ2v) is 7.89. The van der Waals surface area contributed by atoms with Crippen LogP contribution in [0.2, 0.25) is 0 Å². The van der Waals surface area contributed by atoms with Crippen LogP contribution in [0.15, 0.2) is 53.3 Å². The fraction of sp³-hybridized carbons (Fsp3) is 0.348. The van der Waals surface area contributed by atoms with Crippen LogP contribution in [0.1, 0.15) is 20.9 Å². The molecule has 31 heavy (non-hydrogen) atoms. The molecule has 2 amide bonds. The third-order valence-electron chi connectivity index (χ3n) is 5.45. The lowest BCUT2D eigenvalue weighted by Crippen LogP contribution is -2.49. The van der Waals surface area contributed by atoms with Gasteiger partial charge >= 0.3 is 0 Å². The number of aromatic nitrogens is 1. The average Bonchev–Trinajstić information content (AvgIpc) is 3.32. The fourth-order valence-electron chi connectivity index (χ4n) is 3.72. The molecule has 8 nitrogen and oxygen atoms in total. The van der Waals surface area contributed by atoms with Gasteiger partial charge in [0.05, 0.1) is 6.26 Å². The van der Waals surface area contributed by atoms with Gasteiger partial charge in [0.15, 0.2) is 5.76 Å². The summed E-state index contributed by atoms with van der Waals surface area (Å²) in [6.07, 6.45) is 3.30. The summed E-state index contributed by atoms with van der Waals surface area (Å²) in [7, 11) is 3.95. The molecule has 1 aromatic carbocycles. The molecule has 2 aromatic heterocycles. The normalized spacial score (nSPS) is 14.3. The third-order valence-corrected chi connectivity index (χ3v) is 5.45. The molecule has 162 valence electrons.